The molecule has 2 heterocycles. The molecule has 0 bridgehead atoms. The molecule has 1 atom stereocenters. The number of nitrogens with zero attached hydrogens (tertiary/aromatic N) is 2. The highest BCUT2D eigenvalue weighted by molar-refractivity contribution is 7.19. The molecule has 4 rings (SSSR count). The van der Waals surface area contributed by atoms with Crippen LogP contribution < -0.4 is 10.9 Å². The number of anilines is 1. The van der Waals surface area contributed by atoms with Gasteiger partial charge in [-0.3, -0.25) is 19.0 Å². The first-order valence-electron chi connectivity index (χ1n) is 10.8. The van der Waals surface area contributed by atoms with Crippen LogP contribution in [0.4, 0.5) is 5.69 Å². The van der Waals surface area contributed by atoms with E-state index in [4.69, 9.17) is 0 Å². The van der Waals surface area contributed by atoms with Gasteiger partial charge in [0.2, 0.25) is 5.91 Å². The van der Waals surface area contributed by atoms with Gasteiger partial charge in [-0.1, -0.05) is 48.9 Å². The Morgan fingerprint density at radius 3 is 2.52 bits per heavy atom. The number of carbonyl (C=O) groups excluding carboxylic acids is 2. The molecule has 168 valence electrons. The molecule has 33 heavy (non-hydrogen) atoms. The normalized spacial score (nSPS) is 12.0. The summed E-state index contributed by atoms with van der Waals surface area (Å²) in [5.74, 6) is -0.411. The van der Waals surface area contributed by atoms with Gasteiger partial charge in [-0.2, -0.15) is 0 Å². The van der Waals surface area contributed by atoms with Crippen LogP contribution in [0.15, 0.2) is 59.7 Å². The first-order valence-corrected chi connectivity index (χ1v) is 11.6. The van der Waals surface area contributed by atoms with Crippen LogP contribution in [0.3, 0.4) is 0 Å². The average molecular weight is 460 g/mol. The molecule has 0 aliphatic rings. The van der Waals surface area contributed by atoms with Gasteiger partial charge in [0.15, 0.2) is 5.78 Å². The van der Waals surface area contributed by atoms with E-state index < -0.39 is 6.04 Å². The third kappa shape index (κ3) is 4.36. The van der Waals surface area contributed by atoms with E-state index in [-0.39, 0.29) is 17.2 Å². The molecule has 2 aromatic carbocycles. The second kappa shape index (κ2) is 9.11. The number of rotatable bonds is 6. The van der Waals surface area contributed by atoms with Gasteiger partial charge in [-0.05, 0) is 44.9 Å². The molecule has 0 aliphatic carbocycles. The lowest BCUT2D eigenvalue weighted by Gasteiger charge is -2.18. The van der Waals surface area contributed by atoms with Gasteiger partial charge in [0.25, 0.3) is 5.56 Å². The zero-order valence-electron chi connectivity index (χ0n) is 19.0. The maximum absolute atomic E-state index is 13.6. The molecule has 0 fully saturated rings. The molecule has 0 radical (unpaired) electrons. The van der Waals surface area contributed by atoms with Crippen molar-refractivity contribution in [3.63, 3.8) is 0 Å². The second-order valence-electron chi connectivity index (χ2n) is 8.09. The van der Waals surface area contributed by atoms with Crippen molar-refractivity contribution in [1.29, 1.82) is 0 Å². The van der Waals surface area contributed by atoms with Gasteiger partial charge in [-0.25, -0.2) is 4.98 Å². The van der Waals surface area contributed by atoms with Crippen LogP contribution in [-0.2, 0) is 4.79 Å². The molecule has 0 saturated carbocycles. The summed E-state index contributed by atoms with van der Waals surface area (Å²) >= 11 is 1.48. The van der Waals surface area contributed by atoms with Crippen molar-refractivity contribution in [3.8, 4) is 11.1 Å². The Balaban J connectivity index is 1.75. The lowest BCUT2D eigenvalue weighted by molar-refractivity contribution is -0.119. The average Bonchev–Trinajstić information content (AvgIpc) is 3.13. The fraction of sp³-hybridized carbons (Fsp3) is 0.231. The second-order valence-corrected chi connectivity index (χ2v) is 9.29. The molecule has 0 saturated heterocycles. The number of nitrogens with one attached hydrogen (secondary N) is 1. The zero-order valence-corrected chi connectivity index (χ0v) is 19.8. The number of aromatic nitrogens is 2. The van der Waals surface area contributed by atoms with E-state index in [0.29, 0.717) is 27.9 Å². The predicted molar refractivity (Wildman–Crippen MR) is 133 cm³/mol. The Hall–Kier alpha value is -3.58. The minimum absolute atomic E-state index is 0.0829. The number of carbonyl (C=O) groups is 2. The van der Waals surface area contributed by atoms with E-state index in [0.717, 1.165) is 21.6 Å². The van der Waals surface area contributed by atoms with Gasteiger partial charge in [0, 0.05) is 21.7 Å². The van der Waals surface area contributed by atoms with Crippen LogP contribution in [0.5, 0.6) is 0 Å². The lowest BCUT2D eigenvalue weighted by atomic mass is 10.0. The number of aryl methyl sites for hydroxylation is 2. The van der Waals surface area contributed by atoms with Crippen molar-refractivity contribution in [3.05, 3.63) is 81.2 Å². The number of benzene rings is 2. The number of amides is 1. The van der Waals surface area contributed by atoms with Gasteiger partial charge in [-0.15, -0.1) is 11.3 Å². The lowest BCUT2D eigenvalue weighted by Crippen LogP contribution is -2.33. The van der Waals surface area contributed by atoms with Crippen molar-refractivity contribution in [2.75, 3.05) is 5.32 Å². The molecule has 7 heteroatoms. The maximum atomic E-state index is 13.6. The number of Topliss-reactive ketones (excluding diaryl/α,β-unsaturated/α-hetero) is 1. The molecule has 1 amide bonds. The van der Waals surface area contributed by atoms with Crippen LogP contribution >= 0.6 is 11.3 Å². The summed E-state index contributed by atoms with van der Waals surface area (Å²) in [6.07, 6.45) is 1.87. The monoisotopic (exact) mass is 459 g/mol. The van der Waals surface area contributed by atoms with Crippen LogP contribution in [0, 0.1) is 13.8 Å². The summed E-state index contributed by atoms with van der Waals surface area (Å²) in [5, 5.41) is 3.38. The van der Waals surface area contributed by atoms with E-state index >= 15 is 0 Å². The Morgan fingerprint density at radius 1 is 1.12 bits per heavy atom. The molecule has 4 aromatic rings. The van der Waals surface area contributed by atoms with Crippen LogP contribution in [0.2, 0.25) is 0 Å². The number of hydrogen-bond acceptors (Lipinski definition) is 5. The highest BCUT2D eigenvalue weighted by Crippen LogP contribution is 2.35. The molecule has 0 spiro atoms. The first kappa shape index (κ1) is 22.6. The topological polar surface area (TPSA) is 81.1 Å². The third-order valence-electron chi connectivity index (χ3n) is 5.72. The Morgan fingerprint density at radius 2 is 1.85 bits per heavy atom. The highest BCUT2D eigenvalue weighted by atomic mass is 32.1. The van der Waals surface area contributed by atoms with Crippen LogP contribution in [0.25, 0.3) is 21.3 Å². The summed E-state index contributed by atoms with van der Waals surface area (Å²) in [6, 6.07) is 14.1. The predicted octanol–water partition coefficient (Wildman–Crippen LogP) is 5.53. The molecule has 1 unspecified atom stereocenters. The number of ketones is 1. The Labute approximate surface area is 195 Å². The molecular formula is C26H25N3O3S. The van der Waals surface area contributed by atoms with Gasteiger partial charge in [0.05, 0.1) is 11.7 Å². The van der Waals surface area contributed by atoms with Crippen molar-refractivity contribution in [2.45, 2.75) is 40.2 Å². The van der Waals surface area contributed by atoms with E-state index in [1.54, 1.807) is 24.3 Å². The fourth-order valence-corrected chi connectivity index (χ4v) is 4.96. The summed E-state index contributed by atoms with van der Waals surface area (Å²) < 4.78 is 1.41. The van der Waals surface area contributed by atoms with Crippen molar-refractivity contribution >= 4 is 38.9 Å². The molecule has 6 nitrogen and oxygen atoms in total. The minimum atomic E-state index is -0.735. The molecule has 0 aliphatic heterocycles. The largest absolute Gasteiger partial charge is 0.324 e. The fourth-order valence-electron chi connectivity index (χ4n) is 3.96. The van der Waals surface area contributed by atoms with Gasteiger partial charge >= 0.3 is 0 Å². The summed E-state index contributed by atoms with van der Waals surface area (Å²) in [7, 11) is 0. The summed E-state index contributed by atoms with van der Waals surface area (Å²) in [4.78, 5) is 44.6. The number of thiophene rings is 1. The number of fused-ring (bicyclic) bond motifs is 1. The number of hydrogen-bond donors (Lipinski definition) is 1. The maximum Gasteiger partial charge on any atom is 0.263 e. The van der Waals surface area contributed by atoms with Crippen molar-refractivity contribution in [1.82, 2.24) is 9.55 Å². The van der Waals surface area contributed by atoms with Crippen LogP contribution in [0.1, 0.15) is 47.1 Å². The van der Waals surface area contributed by atoms with Gasteiger partial charge < -0.3 is 5.32 Å². The summed E-state index contributed by atoms with van der Waals surface area (Å²) in [6.45, 7) is 7.34. The van der Waals surface area contributed by atoms with Gasteiger partial charge in [0.1, 0.15) is 10.9 Å². The zero-order chi connectivity index (χ0) is 23.7. The standard InChI is InChI=1S/C26H25N3O3S/c1-5-21(24(31)28-20-8-6-7-19(13-20)16(3)30)29-14-27-25-23(26(29)32)22(17(4)33-25)18-11-9-15(2)10-12-18/h6-14,21H,5H2,1-4H3,(H,28,31). The van der Waals surface area contributed by atoms with E-state index in [2.05, 4.69) is 10.3 Å². The van der Waals surface area contributed by atoms with E-state index in [1.807, 2.05) is 45.0 Å². The molecular weight excluding hydrogens is 434 g/mol. The smallest absolute Gasteiger partial charge is 0.263 e. The van der Waals surface area contributed by atoms with E-state index in [1.165, 1.54) is 29.2 Å². The molecule has 2 aromatic heterocycles. The minimum Gasteiger partial charge on any atom is -0.324 e. The summed E-state index contributed by atoms with van der Waals surface area (Å²) in [5.41, 5.74) is 3.76. The Kier molecular flexibility index (Phi) is 6.24. The van der Waals surface area contributed by atoms with Crippen molar-refractivity contribution in [2.24, 2.45) is 0 Å². The third-order valence-corrected chi connectivity index (χ3v) is 6.73. The van der Waals surface area contributed by atoms with Crippen molar-refractivity contribution < 1.29 is 9.59 Å². The first-order chi connectivity index (χ1) is 15.8. The molecule has 1 N–H and O–H groups in total. The van der Waals surface area contributed by atoms with E-state index in [9.17, 15) is 14.4 Å². The highest BCUT2D eigenvalue weighted by Gasteiger charge is 2.24. The Bertz CT molecular complexity index is 1420. The quantitative estimate of drug-likeness (QED) is 0.384. The SMILES string of the molecule is CCC(C(=O)Nc1cccc(C(C)=O)c1)n1cnc2sc(C)c(-c3ccc(C)cc3)c2c1=O. The van der Waals surface area contributed by atoms with Crippen LogP contribution in [-0.4, -0.2) is 21.2 Å².